The number of hydrogen-bond donors (Lipinski definition) is 5. The van der Waals surface area contributed by atoms with E-state index in [1.54, 1.807) is 5.57 Å². The van der Waals surface area contributed by atoms with Crippen molar-refractivity contribution >= 4 is 16.5 Å². The van der Waals surface area contributed by atoms with Crippen LogP contribution in [0.2, 0.25) is 0 Å². The van der Waals surface area contributed by atoms with Gasteiger partial charge < -0.3 is 5.32 Å². The zero-order chi connectivity index (χ0) is 36.5. The molecule has 8 heteroatoms. The van der Waals surface area contributed by atoms with Gasteiger partial charge in [-0.1, -0.05) is 72.3 Å². The Hall–Kier alpha value is -0.900. The van der Waals surface area contributed by atoms with Gasteiger partial charge in [0.15, 0.2) is 0 Å². The molecule has 4 saturated carbocycles. The quantitative estimate of drug-likeness (QED) is 0.0878. The summed E-state index contributed by atoms with van der Waals surface area (Å²) in [6.07, 6.45) is 16.5. The van der Waals surface area contributed by atoms with Crippen LogP contribution in [0.15, 0.2) is 23.8 Å². The minimum Gasteiger partial charge on any atom is -0.310 e. The molecule has 1 saturated heterocycles. The van der Waals surface area contributed by atoms with Gasteiger partial charge in [0.2, 0.25) is 5.91 Å². The third-order valence-corrected chi connectivity index (χ3v) is 18.7. The van der Waals surface area contributed by atoms with Gasteiger partial charge in [0, 0.05) is 38.1 Å². The van der Waals surface area contributed by atoms with E-state index in [4.69, 9.17) is 5.21 Å². The SMILES string of the molecule is C=C(C)[C@@H]1CC[C@]2(NCCN3CCS(O)(O)CC3)CC[C@]3(C)[C@H](CC[C@@H]4[C@@]5(C)CC=C(CCC(C)(C)CC(=O)NO)C(C)(C)[C@@H]5CC[C@]43C)[C@@H]12. The van der Waals surface area contributed by atoms with Crippen LogP contribution in [-0.4, -0.2) is 68.3 Å². The van der Waals surface area contributed by atoms with Crippen LogP contribution in [0.5, 0.6) is 0 Å². The van der Waals surface area contributed by atoms with Gasteiger partial charge in [-0.3, -0.25) is 24.0 Å². The van der Waals surface area contributed by atoms with Crippen molar-refractivity contribution < 1.29 is 19.1 Å². The second-order valence-electron chi connectivity index (χ2n) is 20.4. The third kappa shape index (κ3) is 6.50. The minimum atomic E-state index is -2.36. The van der Waals surface area contributed by atoms with E-state index in [2.05, 4.69) is 78.3 Å². The molecule has 1 amide bonds. The summed E-state index contributed by atoms with van der Waals surface area (Å²) in [6, 6.07) is 0. The molecule has 0 spiro atoms. The van der Waals surface area contributed by atoms with Crippen molar-refractivity contribution in [3.63, 3.8) is 0 Å². The molecule has 6 aliphatic rings. The van der Waals surface area contributed by atoms with Crippen LogP contribution in [0.1, 0.15) is 132 Å². The lowest BCUT2D eigenvalue weighted by Crippen LogP contribution is -2.68. The molecule has 5 N–H and O–H groups in total. The van der Waals surface area contributed by atoms with E-state index in [1.165, 1.54) is 63.4 Å². The highest BCUT2D eigenvalue weighted by molar-refractivity contribution is 8.24. The number of nitrogens with one attached hydrogen (secondary N) is 2. The molecule has 0 aromatic rings. The second-order valence-corrected chi connectivity index (χ2v) is 22.8. The molecule has 0 bridgehead atoms. The maximum atomic E-state index is 12.0. The summed E-state index contributed by atoms with van der Waals surface area (Å²) in [5, 5.41) is 13.4. The van der Waals surface area contributed by atoms with E-state index in [1.807, 2.05) is 5.48 Å². The van der Waals surface area contributed by atoms with Crippen molar-refractivity contribution in [1.82, 2.24) is 15.7 Å². The number of carbonyl (C=O) groups excluding carboxylic acids is 1. The average Bonchev–Trinajstić information content (AvgIpc) is 3.41. The van der Waals surface area contributed by atoms with E-state index in [-0.39, 0.29) is 27.7 Å². The summed E-state index contributed by atoms with van der Waals surface area (Å²) in [5.41, 5.74) is 5.89. The predicted molar refractivity (Wildman–Crippen MR) is 207 cm³/mol. The molecule has 0 aromatic carbocycles. The summed E-state index contributed by atoms with van der Waals surface area (Å²) in [4.78, 5) is 14.4. The maximum absolute atomic E-state index is 12.0. The van der Waals surface area contributed by atoms with Crippen LogP contribution < -0.4 is 10.8 Å². The monoisotopic (exact) mass is 716 g/mol. The van der Waals surface area contributed by atoms with Gasteiger partial charge in [-0.05, 0) is 134 Å². The van der Waals surface area contributed by atoms with Gasteiger partial charge in [-0.15, -0.1) is 0 Å². The highest BCUT2D eigenvalue weighted by Crippen LogP contribution is 2.76. The number of carbonyl (C=O) groups is 1. The molecule has 286 valence electrons. The van der Waals surface area contributed by atoms with Crippen molar-refractivity contribution in [2.24, 2.45) is 56.7 Å². The van der Waals surface area contributed by atoms with Crippen LogP contribution in [0.3, 0.4) is 0 Å². The molecule has 0 radical (unpaired) electrons. The lowest BCUT2D eigenvalue weighted by atomic mass is 9.33. The first-order chi connectivity index (χ1) is 23.2. The fourth-order valence-electron chi connectivity index (χ4n) is 14.0. The number of allylic oxidation sites excluding steroid dienone is 3. The van der Waals surface area contributed by atoms with Crippen LogP contribution in [0, 0.1) is 56.7 Å². The standard InChI is InChI=1S/C42H73N3O4S/c1-29(2)31-14-19-42(43-22-23-45-24-26-50(48,49)27-25-45)21-20-40(8)32(36(31)42)10-11-34-39(7)17-13-30(12-16-37(3,4)28-35(46)44-47)38(5,6)33(39)15-18-41(34,40)9/h13,31-34,36,43,47-49H,1,10-12,14-28H2,2-9H3,(H,44,46)/t31-,32+,33-,34+,36+,39-,40+,41+,42-/m0/s1. The van der Waals surface area contributed by atoms with Gasteiger partial charge >= 0.3 is 0 Å². The maximum Gasteiger partial charge on any atom is 0.243 e. The summed E-state index contributed by atoms with van der Waals surface area (Å²) < 4.78 is 20.3. The van der Waals surface area contributed by atoms with Gasteiger partial charge in [0.25, 0.3) is 0 Å². The van der Waals surface area contributed by atoms with Gasteiger partial charge in [-0.25, -0.2) is 5.48 Å². The molecule has 1 aliphatic heterocycles. The number of hydrogen-bond acceptors (Lipinski definition) is 6. The summed E-state index contributed by atoms with van der Waals surface area (Å²) in [6.45, 7) is 28.0. The zero-order valence-electron chi connectivity index (χ0n) is 33.0. The number of hydroxylamine groups is 1. The predicted octanol–water partition coefficient (Wildman–Crippen LogP) is 9.29. The molecule has 0 aromatic heterocycles. The highest BCUT2D eigenvalue weighted by atomic mass is 32.3. The lowest BCUT2D eigenvalue weighted by Gasteiger charge is -2.72. The number of rotatable bonds is 10. The fraction of sp³-hybridized carbons (Fsp3) is 0.881. The Morgan fingerprint density at radius 2 is 1.68 bits per heavy atom. The van der Waals surface area contributed by atoms with E-state index < -0.39 is 10.6 Å². The van der Waals surface area contributed by atoms with Gasteiger partial charge in [-0.2, -0.15) is 10.6 Å². The summed E-state index contributed by atoms with van der Waals surface area (Å²) in [7, 11) is -2.36. The molecule has 5 aliphatic carbocycles. The summed E-state index contributed by atoms with van der Waals surface area (Å²) in [5.74, 6) is 4.07. The molecule has 50 heavy (non-hydrogen) atoms. The van der Waals surface area contributed by atoms with Crippen LogP contribution >= 0.6 is 10.6 Å². The fourth-order valence-corrected chi connectivity index (χ4v) is 15.3. The Morgan fingerprint density at radius 3 is 2.34 bits per heavy atom. The van der Waals surface area contributed by atoms with E-state index in [0.29, 0.717) is 58.3 Å². The molecule has 0 unspecified atom stereocenters. The Bertz CT molecular complexity index is 1340. The first kappa shape index (κ1) is 38.8. The lowest BCUT2D eigenvalue weighted by molar-refractivity contribution is -0.221. The van der Waals surface area contributed by atoms with Gasteiger partial charge in [0.1, 0.15) is 0 Å². The Balaban J connectivity index is 1.21. The second kappa shape index (κ2) is 13.4. The van der Waals surface area contributed by atoms with Crippen molar-refractivity contribution in [2.45, 2.75) is 138 Å². The van der Waals surface area contributed by atoms with Crippen LogP contribution in [-0.2, 0) is 4.79 Å². The van der Waals surface area contributed by atoms with Crippen molar-refractivity contribution in [3.05, 3.63) is 23.8 Å². The first-order valence-corrected chi connectivity index (χ1v) is 22.1. The van der Waals surface area contributed by atoms with Crippen molar-refractivity contribution in [3.8, 4) is 0 Å². The number of amides is 1. The Labute approximate surface area is 306 Å². The highest BCUT2D eigenvalue weighted by Gasteiger charge is 2.70. The average molecular weight is 716 g/mol. The Kier molecular flexibility index (Phi) is 10.4. The zero-order valence-corrected chi connectivity index (χ0v) is 33.8. The Morgan fingerprint density at radius 1 is 0.980 bits per heavy atom. The van der Waals surface area contributed by atoms with Crippen molar-refractivity contribution in [2.75, 3.05) is 37.7 Å². The van der Waals surface area contributed by atoms with E-state index in [0.717, 1.165) is 39.0 Å². The first-order valence-electron chi connectivity index (χ1n) is 20.2. The van der Waals surface area contributed by atoms with E-state index in [9.17, 15) is 13.9 Å². The minimum absolute atomic E-state index is 0.134. The number of fused-ring (bicyclic) bond motifs is 7. The molecule has 7 nitrogen and oxygen atoms in total. The molecule has 6 rings (SSSR count). The van der Waals surface area contributed by atoms with E-state index >= 15 is 0 Å². The smallest absolute Gasteiger partial charge is 0.243 e. The number of nitrogens with zero attached hydrogens (tertiary/aromatic N) is 1. The largest absolute Gasteiger partial charge is 0.310 e. The molecule has 9 atom stereocenters. The van der Waals surface area contributed by atoms with Crippen LogP contribution in [0.25, 0.3) is 0 Å². The van der Waals surface area contributed by atoms with Crippen LogP contribution in [0.4, 0.5) is 0 Å². The molecule has 1 heterocycles. The van der Waals surface area contributed by atoms with Gasteiger partial charge in [0.05, 0.1) is 11.5 Å². The summed E-state index contributed by atoms with van der Waals surface area (Å²) >= 11 is 0. The molecule has 5 fully saturated rings. The molecular weight excluding hydrogens is 643 g/mol. The topological polar surface area (TPSA) is 105 Å². The van der Waals surface area contributed by atoms with Crippen molar-refractivity contribution in [1.29, 1.82) is 0 Å². The third-order valence-electron chi connectivity index (χ3n) is 17.0. The normalized spacial score (nSPS) is 43.0. The molecular formula is C42H73N3O4S.